The van der Waals surface area contributed by atoms with E-state index in [1.165, 1.54) is 5.56 Å². The number of hydrogen-bond acceptors (Lipinski definition) is 3. The highest BCUT2D eigenvalue weighted by Crippen LogP contribution is 2.17. The number of likely N-dealkylation sites (N-methyl/N-ethyl adjacent to an activating group) is 1. The second-order valence-corrected chi connectivity index (χ2v) is 6.91. The largest absolute Gasteiger partial charge is 0.497 e. The molecule has 0 fully saturated rings. The number of hydrogen-bond donors (Lipinski definition) is 3. The van der Waals surface area contributed by atoms with Gasteiger partial charge in [-0.25, -0.2) is 0 Å². The minimum Gasteiger partial charge on any atom is -0.497 e. The van der Waals surface area contributed by atoms with Gasteiger partial charge in [0.2, 0.25) is 0 Å². The first-order valence-electron chi connectivity index (χ1n) is 9.58. The highest BCUT2D eigenvalue weighted by atomic mass is 16.5. The maximum atomic E-state index is 12.2. The highest BCUT2D eigenvalue weighted by Gasteiger charge is 2.16. The van der Waals surface area contributed by atoms with Gasteiger partial charge in [0.1, 0.15) is 5.75 Å². The average molecular weight is 385 g/mol. The molecule has 0 aromatic heterocycles. The number of nitrogens with one attached hydrogen (secondary N) is 3. The molecule has 1 unspecified atom stereocenters. The zero-order valence-electron chi connectivity index (χ0n) is 16.8. The molecule has 2 aromatic carbocycles. The van der Waals surface area contributed by atoms with Crippen LogP contribution in [0.1, 0.15) is 24.8 Å². The van der Waals surface area contributed by atoms with Crippen LogP contribution in [0.3, 0.4) is 0 Å². The summed E-state index contributed by atoms with van der Waals surface area (Å²) in [6.07, 6.45) is 0.956. The van der Waals surface area contributed by atoms with E-state index in [-0.39, 0.29) is 24.9 Å². The van der Waals surface area contributed by atoms with Crippen molar-refractivity contribution in [2.75, 3.05) is 39.1 Å². The second kappa shape index (κ2) is 11.1. The zero-order chi connectivity index (χ0) is 20.4. The molecule has 150 valence electrons. The van der Waals surface area contributed by atoms with Gasteiger partial charge in [0.25, 0.3) is 11.8 Å². The molecule has 0 aliphatic rings. The Morgan fingerprint density at radius 2 is 1.64 bits per heavy atom. The van der Waals surface area contributed by atoms with Gasteiger partial charge in [-0.1, -0.05) is 37.3 Å². The Hall–Kier alpha value is -2.86. The Morgan fingerprint density at radius 3 is 2.25 bits per heavy atom. The molecule has 2 rings (SSSR count). The summed E-state index contributed by atoms with van der Waals surface area (Å²) in [7, 11) is 3.43. The van der Waals surface area contributed by atoms with Crippen molar-refractivity contribution in [3.63, 3.8) is 0 Å². The summed E-state index contributed by atoms with van der Waals surface area (Å²) in [5, 5.41) is 5.82. The molecule has 2 atom stereocenters. The smallest absolute Gasteiger partial charge is 0.279 e. The van der Waals surface area contributed by atoms with Gasteiger partial charge in [-0.15, -0.1) is 0 Å². The molecule has 0 bridgehead atoms. The summed E-state index contributed by atoms with van der Waals surface area (Å²) in [6.45, 7) is 3.19. The fraction of sp³-hybridized carbons (Fsp3) is 0.364. The van der Waals surface area contributed by atoms with Crippen molar-refractivity contribution in [3.05, 3.63) is 60.2 Å². The summed E-state index contributed by atoms with van der Waals surface area (Å²) in [4.78, 5) is 25.2. The van der Waals surface area contributed by atoms with Gasteiger partial charge in [-0.05, 0) is 36.2 Å². The minimum atomic E-state index is -0.133. The van der Waals surface area contributed by atoms with Gasteiger partial charge in [0.15, 0.2) is 13.1 Å². The molecular weight excluding hydrogens is 354 g/mol. The monoisotopic (exact) mass is 384 g/mol. The van der Waals surface area contributed by atoms with Crippen LogP contribution in [0.4, 0.5) is 5.69 Å². The minimum absolute atomic E-state index is 0.0517. The number of carbonyl (C=O) groups excluding carboxylic acids is 2. The molecule has 2 amide bonds. The molecular formula is C22H30N3O3+. The van der Waals surface area contributed by atoms with Gasteiger partial charge < -0.3 is 20.3 Å². The van der Waals surface area contributed by atoms with E-state index in [4.69, 9.17) is 4.74 Å². The van der Waals surface area contributed by atoms with Crippen molar-refractivity contribution >= 4 is 17.5 Å². The van der Waals surface area contributed by atoms with E-state index in [9.17, 15) is 9.59 Å². The van der Waals surface area contributed by atoms with Crippen molar-refractivity contribution < 1.29 is 19.2 Å². The Labute approximate surface area is 166 Å². The predicted molar refractivity (Wildman–Crippen MR) is 111 cm³/mol. The lowest BCUT2D eigenvalue weighted by Gasteiger charge is -2.18. The van der Waals surface area contributed by atoms with Crippen LogP contribution in [-0.4, -0.2) is 45.6 Å². The van der Waals surface area contributed by atoms with Crippen molar-refractivity contribution in [1.29, 1.82) is 0 Å². The summed E-state index contributed by atoms with van der Waals surface area (Å²) in [5.41, 5.74) is 1.93. The molecule has 0 saturated carbocycles. The van der Waals surface area contributed by atoms with E-state index in [2.05, 4.69) is 29.7 Å². The van der Waals surface area contributed by atoms with Gasteiger partial charge in [0.05, 0.1) is 14.2 Å². The second-order valence-electron chi connectivity index (χ2n) is 6.91. The summed E-state index contributed by atoms with van der Waals surface area (Å²) < 4.78 is 5.10. The van der Waals surface area contributed by atoms with Crippen LogP contribution in [0.2, 0.25) is 0 Å². The Bertz CT molecular complexity index is 747. The van der Waals surface area contributed by atoms with Crippen LogP contribution in [0, 0.1) is 0 Å². The first kappa shape index (κ1) is 21.4. The maximum absolute atomic E-state index is 12.2. The van der Waals surface area contributed by atoms with Gasteiger partial charge >= 0.3 is 0 Å². The topological polar surface area (TPSA) is 71.9 Å². The third-order valence-corrected chi connectivity index (χ3v) is 4.61. The summed E-state index contributed by atoms with van der Waals surface area (Å²) in [5.74, 6) is 0.845. The molecule has 6 heteroatoms. The summed E-state index contributed by atoms with van der Waals surface area (Å²) in [6, 6.07) is 17.3. The molecule has 0 aliphatic carbocycles. The normalized spacial score (nSPS) is 12.7. The van der Waals surface area contributed by atoms with E-state index in [1.807, 2.05) is 25.2 Å². The van der Waals surface area contributed by atoms with Gasteiger partial charge in [0, 0.05) is 18.2 Å². The lowest BCUT2D eigenvalue weighted by atomic mass is 9.96. The third kappa shape index (κ3) is 7.04. The van der Waals surface area contributed by atoms with E-state index in [0.717, 1.165) is 17.1 Å². The Morgan fingerprint density at radius 1 is 1.00 bits per heavy atom. The van der Waals surface area contributed by atoms with Crippen LogP contribution in [0.25, 0.3) is 0 Å². The zero-order valence-corrected chi connectivity index (χ0v) is 16.8. The lowest BCUT2D eigenvalue weighted by molar-refractivity contribution is -0.862. The van der Waals surface area contributed by atoms with Crippen molar-refractivity contribution in [1.82, 2.24) is 5.32 Å². The molecule has 0 aliphatic heterocycles. The predicted octanol–water partition coefficient (Wildman–Crippen LogP) is 1.46. The number of benzene rings is 2. The van der Waals surface area contributed by atoms with Crippen molar-refractivity contribution in [3.8, 4) is 5.75 Å². The van der Waals surface area contributed by atoms with Crippen LogP contribution in [0.15, 0.2) is 54.6 Å². The fourth-order valence-electron chi connectivity index (χ4n) is 3.01. The molecule has 6 nitrogen and oxygen atoms in total. The number of ether oxygens (including phenoxy) is 1. The molecule has 0 spiro atoms. The number of quaternary nitrogens is 1. The third-order valence-electron chi connectivity index (χ3n) is 4.61. The number of anilines is 1. The van der Waals surface area contributed by atoms with Crippen LogP contribution >= 0.6 is 0 Å². The molecule has 0 radical (unpaired) electrons. The maximum Gasteiger partial charge on any atom is 0.279 e. The Balaban J connectivity index is 1.74. The number of carbonyl (C=O) groups is 2. The molecule has 0 saturated heterocycles. The fourth-order valence-corrected chi connectivity index (χ4v) is 3.01. The van der Waals surface area contributed by atoms with E-state index in [1.54, 1.807) is 31.4 Å². The quantitative estimate of drug-likeness (QED) is 0.581. The van der Waals surface area contributed by atoms with Crippen LogP contribution in [-0.2, 0) is 9.59 Å². The summed E-state index contributed by atoms with van der Waals surface area (Å²) >= 11 is 0. The highest BCUT2D eigenvalue weighted by molar-refractivity contribution is 5.91. The van der Waals surface area contributed by atoms with Gasteiger partial charge in [-0.3, -0.25) is 9.59 Å². The van der Waals surface area contributed by atoms with E-state index >= 15 is 0 Å². The standard InChI is InChI=1S/C22H29N3O3/c1-4-17(18-8-6-5-7-9-18)14-23-21(26)15-25(2)16-22(27)24-19-10-12-20(28-3)13-11-19/h5-13,17H,4,14-16H2,1-3H3,(H,23,26)(H,24,27)/p+1/t17-/m1/s1. The van der Waals surface area contributed by atoms with Crippen LogP contribution < -0.4 is 20.3 Å². The first-order chi connectivity index (χ1) is 13.5. The SMILES string of the molecule is CC[C@H](CNC(=O)C[NH+](C)CC(=O)Nc1ccc(OC)cc1)c1ccccc1. The van der Waals surface area contributed by atoms with Crippen molar-refractivity contribution in [2.45, 2.75) is 19.3 Å². The van der Waals surface area contributed by atoms with Crippen molar-refractivity contribution in [2.24, 2.45) is 0 Å². The first-order valence-corrected chi connectivity index (χ1v) is 9.58. The number of amides is 2. The average Bonchev–Trinajstić information content (AvgIpc) is 2.69. The molecule has 2 aromatic rings. The van der Waals surface area contributed by atoms with E-state index in [0.29, 0.717) is 18.2 Å². The van der Waals surface area contributed by atoms with Crippen LogP contribution in [0.5, 0.6) is 5.75 Å². The lowest BCUT2D eigenvalue weighted by Crippen LogP contribution is -3.11. The number of rotatable bonds is 10. The van der Waals surface area contributed by atoms with Gasteiger partial charge in [-0.2, -0.15) is 0 Å². The number of methoxy groups -OCH3 is 1. The van der Waals surface area contributed by atoms with E-state index < -0.39 is 0 Å². The Kier molecular flexibility index (Phi) is 8.49. The molecule has 0 heterocycles. The molecule has 28 heavy (non-hydrogen) atoms. The molecule has 3 N–H and O–H groups in total.